The van der Waals surface area contributed by atoms with Crippen LogP contribution >= 0.6 is 0 Å². The average molecular weight is 274 g/mol. The third kappa shape index (κ3) is 2.52. The van der Waals surface area contributed by atoms with Crippen LogP contribution in [0.15, 0.2) is 24.3 Å². The Kier molecular flexibility index (Phi) is 3.66. The Labute approximate surface area is 120 Å². The van der Waals surface area contributed by atoms with Crippen molar-refractivity contribution in [3.8, 4) is 0 Å². The topological polar surface area (TPSA) is 41.6 Å². The second kappa shape index (κ2) is 5.44. The van der Waals surface area contributed by atoms with Crippen LogP contribution in [-0.2, 0) is 4.74 Å². The number of carbonyl (C=O) groups is 1. The van der Waals surface area contributed by atoms with Crippen molar-refractivity contribution in [1.29, 1.82) is 0 Å². The highest BCUT2D eigenvalue weighted by molar-refractivity contribution is 5.90. The number of hydrogen-bond donors (Lipinski definition) is 1. The lowest BCUT2D eigenvalue weighted by atomic mass is 9.97. The fraction of sp³-hybridized carbons (Fsp3) is 0.562. The number of benzene rings is 1. The minimum atomic E-state index is -0.280. The van der Waals surface area contributed by atoms with Crippen molar-refractivity contribution in [3.63, 3.8) is 0 Å². The molecule has 0 saturated carbocycles. The summed E-state index contributed by atoms with van der Waals surface area (Å²) in [7, 11) is 3.66. The first kappa shape index (κ1) is 13.4. The first-order valence-corrected chi connectivity index (χ1v) is 7.34. The molecule has 2 aliphatic rings. The summed E-state index contributed by atoms with van der Waals surface area (Å²) in [6, 6.07) is 9.54. The molecule has 2 unspecified atom stereocenters. The maximum atomic E-state index is 11.6. The van der Waals surface area contributed by atoms with Crippen molar-refractivity contribution in [3.05, 3.63) is 29.8 Å². The number of methoxy groups -OCH3 is 1. The van der Waals surface area contributed by atoms with Crippen LogP contribution in [0.3, 0.4) is 0 Å². The number of nitrogens with one attached hydrogen (secondary N) is 1. The molecule has 20 heavy (non-hydrogen) atoms. The van der Waals surface area contributed by atoms with Gasteiger partial charge in [-0.1, -0.05) is 6.07 Å². The second-order valence-electron chi connectivity index (χ2n) is 5.94. The highest BCUT2D eigenvalue weighted by Gasteiger charge is 2.38. The smallest absolute Gasteiger partial charge is 0.337 e. The number of esters is 1. The predicted molar refractivity (Wildman–Crippen MR) is 79.0 cm³/mol. The van der Waals surface area contributed by atoms with Crippen molar-refractivity contribution >= 4 is 11.7 Å². The van der Waals surface area contributed by atoms with Crippen molar-refractivity contribution in [2.45, 2.75) is 43.8 Å². The molecule has 1 aromatic rings. The number of rotatable bonds is 3. The molecule has 1 N–H and O–H groups in total. The molecule has 0 aliphatic carbocycles. The molecular formula is C16H22N2O2. The highest BCUT2D eigenvalue weighted by Crippen LogP contribution is 2.35. The standard InChI is InChI=1S/C16H22N2O2/c1-18-14-6-7-15(18)10-13(9-14)17-12-5-3-4-11(8-12)16(19)20-2/h3-5,8,13-15,17H,6-7,9-10H2,1-2H3. The van der Waals surface area contributed by atoms with Crippen LogP contribution in [0.2, 0.25) is 0 Å². The zero-order valence-electron chi connectivity index (χ0n) is 12.1. The first-order valence-electron chi connectivity index (χ1n) is 7.34. The molecule has 2 atom stereocenters. The van der Waals surface area contributed by atoms with Crippen molar-refractivity contribution < 1.29 is 9.53 Å². The lowest BCUT2D eigenvalue weighted by Gasteiger charge is -2.37. The maximum Gasteiger partial charge on any atom is 0.337 e. The van der Waals surface area contributed by atoms with Gasteiger partial charge < -0.3 is 15.0 Å². The molecule has 2 heterocycles. The largest absolute Gasteiger partial charge is 0.465 e. The van der Waals surface area contributed by atoms with Crippen LogP contribution in [0.4, 0.5) is 5.69 Å². The second-order valence-corrected chi connectivity index (χ2v) is 5.94. The summed E-state index contributed by atoms with van der Waals surface area (Å²) in [5.41, 5.74) is 1.62. The molecule has 4 heteroatoms. The van der Waals surface area contributed by atoms with Crippen molar-refractivity contribution in [2.24, 2.45) is 0 Å². The summed E-state index contributed by atoms with van der Waals surface area (Å²) in [5.74, 6) is -0.280. The van der Waals surface area contributed by atoms with Crippen LogP contribution in [0.25, 0.3) is 0 Å². The van der Waals surface area contributed by atoms with E-state index < -0.39 is 0 Å². The summed E-state index contributed by atoms with van der Waals surface area (Å²) in [5, 5.41) is 3.59. The highest BCUT2D eigenvalue weighted by atomic mass is 16.5. The van der Waals surface area contributed by atoms with Crippen LogP contribution in [0.5, 0.6) is 0 Å². The van der Waals surface area contributed by atoms with E-state index in [2.05, 4.69) is 17.3 Å². The zero-order chi connectivity index (χ0) is 14.1. The maximum absolute atomic E-state index is 11.6. The summed E-state index contributed by atoms with van der Waals surface area (Å²) in [6.07, 6.45) is 5.02. The van der Waals surface area contributed by atoms with E-state index in [1.807, 2.05) is 18.2 Å². The number of hydrogen-bond acceptors (Lipinski definition) is 4. The lowest BCUT2D eigenvalue weighted by Crippen LogP contribution is -2.44. The van der Waals surface area contributed by atoms with E-state index in [0.29, 0.717) is 11.6 Å². The van der Waals surface area contributed by atoms with Gasteiger partial charge in [0.05, 0.1) is 12.7 Å². The summed E-state index contributed by atoms with van der Waals surface area (Å²) in [6.45, 7) is 0. The van der Waals surface area contributed by atoms with Gasteiger partial charge >= 0.3 is 5.97 Å². The fourth-order valence-electron chi connectivity index (χ4n) is 3.62. The van der Waals surface area contributed by atoms with Crippen LogP contribution in [0, 0.1) is 0 Å². The molecule has 3 rings (SSSR count). The van der Waals surface area contributed by atoms with E-state index in [-0.39, 0.29) is 5.97 Å². The van der Waals surface area contributed by atoms with Crippen LogP contribution in [-0.4, -0.2) is 43.2 Å². The van der Waals surface area contributed by atoms with Gasteiger partial charge in [0, 0.05) is 23.8 Å². The molecule has 108 valence electrons. The van der Waals surface area contributed by atoms with E-state index >= 15 is 0 Å². The number of carbonyl (C=O) groups excluding carboxylic acids is 1. The van der Waals surface area contributed by atoms with Gasteiger partial charge in [-0.05, 0) is 50.9 Å². The van der Waals surface area contributed by atoms with Gasteiger partial charge in [-0.3, -0.25) is 0 Å². The normalized spacial score (nSPS) is 29.2. The zero-order valence-corrected chi connectivity index (χ0v) is 12.1. The lowest BCUT2D eigenvalue weighted by molar-refractivity contribution is 0.0601. The van der Waals surface area contributed by atoms with Crippen LogP contribution in [0.1, 0.15) is 36.0 Å². The van der Waals surface area contributed by atoms with Gasteiger partial charge in [0.2, 0.25) is 0 Å². The van der Waals surface area contributed by atoms with Crippen LogP contribution < -0.4 is 5.32 Å². The molecule has 4 nitrogen and oxygen atoms in total. The Morgan fingerprint density at radius 3 is 2.65 bits per heavy atom. The van der Waals surface area contributed by atoms with E-state index in [9.17, 15) is 4.79 Å². The Balaban J connectivity index is 1.68. The number of fused-ring (bicyclic) bond motifs is 2. The molecule has 0 radical (unpaired) electrons. The number of piperidine rings is 1. The molecule has 2 aliphatic heterocycles. The van der Waals surface area contributed by atoms with Gasteiger partial charge in [0.1, 0.15) is 0 Å². The Morgan fingerprint density at radius 1 is 1.30 bits per heavy atom. The molecule has 2 fully saturated rings. The van der Waals surface area contributed by atoms with Gasteiger partial charge in [-0.2, -0.15) is 0 Å². The minimum Gasteiger partial charge on any atom is -0.465 e. The first-order chi connectivity index (χ1) is 9.67. The third-order valence-corrected chi connectivity index (χ3v) is 4.75. The molecule has 0 aromatic heterocycles. The van der Waals surface area contributed by atoms with Gasteiger partial charge in [-0.25, -0.2) is 4.79 Å². The quantitative estimate of drug-likeness (QED) is 0.860. The fourth-order valence-corrected chi connectivity index (χ4v) is 3.62. The SMILES string of the molecule is COC(=O)c1cccc(NC2CC3CCC(C2)N3C)c1. The van der Waals surface area contributed by atoms with Gasteiger partial charge in [0.25, 0.3) is 0 Å². The Hall–Kier alpha value is -1.55. The third-order valence-electron chi connectivity index (χ3n) is 4.75. The van der Waals surface area contributed by atoms with Crippen molar-refractivity contribution in [1.82, 2.24) is 4.90 Å². The number of anilines is 1. The molecule has 1 aromatic carbocycles. The van der Waals surface area contributed by atoms with E-state index in [1.165, 1.54) is 32.8 Å². The Bertz CT molecular complexity index is 489. The molecule has 2 bridgehead atoms. The predicted octanol–water partition coefficient (Wildman–Crippen LogP) is 2.51. The van der Waals surface area contributed by atoms with Gasteiger partial charge in [0.15, 0.2) is 0 Å². The average Bonchev–Trinajstić information content (AvgIpc) is 2.68. The van der Waals surface area contributed by atoms with E-state index in [0.717, 1.165) is 17.8 Å². The van der Waals surface area contributed by atoms with Crippen molar-refractivity contribution in [2.75, 3.05) is 19.5 Å². The number of nitrogens with zero attached hydrogens (tertiary/aromatic N) is 1. The van der Waals surface area contributed by atoms with E-state index in [1.54, 1.807) is 6.07 Å². The number of ether oxygens (including phenoxy) is 1. The summed E-state index contributed by atoms with van der Waals surface area (Å²) in [4.78, 5) is 14.1. The summed E-state index contributed by atoms with van der Waals surface area (Å²) >= 11 is 0. The summed E-state index contributed by atoms with van der Waals surface area (Å²) < 4.78 is 4.77. The molecular weight excluding hydrogens is 252 g/mol. The monoisotopic (exact) mass is 274 g/mol. The molecule has 0 amide bonds. The molecule has 0 spiro atoms. The minimum absolute atomic E-state index is 0.280. The molecule has 2 saturated heterocycles. The van der Waals surface area contributed by atoms with Gasteiger partial charge in [-0.15, -0.1) is 0 Å². The van der Waals surface area contributed by atoms with E-state index in [4.69, 9.17) is 4.74 Å². The Morgan fingerprint density at radius 2 is 2.00 bits per heavy atom.